The van der Waals surface area contributed by atoms with Crippen LogP contribution in [0.1, 0.15) is 52.4 Å². The first kappa shape index (κ1) is 30.3. The Balaban J connectivity index is 1.63. The van der Waals surface area contributed by atoms with Crippen molar-refractivity contribution in [2.24, 2.45) is 5.16 Å². The molecule has 1 unspecified atom stereocenters. The molecule has 3 amide bonds. The second-order valence-electron chi connectivity index (χ2n) is 9.46. The van der Waals surface area contributed by atoms with Gasteiger partial charge < -0.3 is 9.74 Å². The summed E-state index contributed by atoms with van der Waals surface area (Å²) in [5, 5.41) is 2.86. The van der Waals surface area contributed by atoms with E-state index in [2.05, 4.69) is 5.16 Å². The van der Waals surface area contributed by atoms with E-state index in [1.807, 2.05) is 0 Å². The third-order valence-corrected chi connectivity index (χ3v) is 6.90. The standard InChI is InChI=1S/C26H21ClF7N3O4/c1-2-5-37-21(38)12-36(13-22(37)39)23(40)19-4-3-14(6-15(19)11-28)20-10-24(41-35-20,26(32,33)34)16-7-17(25(29,30)31)9-18(27)8-16/h3-4,6-9H,2,5,10-13H2,1H3. The first-order valence-corrected chi connectivity index (χ1v) is 12.5. The topological polar surface area (TPSA) is 79.3 Å². The molecule has 41 heavy (non-hydrogen) atoms. The molecule has 0 bridgehead atoms. The van der Waals surface area contributed by atoms with E-state index in [9.17, 15) is 45.1 Å². The van der Waals surface area contributed by atoms with E-state index in [1.165, 1.54) is 0 Å². The molecule has 2 aliphatic heterocycles. The normalized spacial score (nSPS) is 19.9. The van der Waals surface area contributed by atoms with Crippen LogP contribution in [-0.2, 0) is 32.9 Å². The lowest BCUT2D eigenvalue weighted by Crippen LogP contribution is -2.55. The predicted molar refractivity (Wildman–Crippen MR) is 131 cm³/mol. The van der Waals surface area contributed by atoms with Crippen LogP contribution in [-0.4, -0.2) is 59.0 Å². The molecular weight excluding hydrogens is 587 g/mol. The van der Waals surface area contributed by atoms with Gasteiger partial charge in [-0.1, -0.05) is 29.7 Å². The molecule has 1 fully saturated rings. The minimum atomic E-state index is -5.25. The van der Waals surface area contributed by atoms with E-state index in [0.717, 1.165) is 28.0 Å². The second kappa shape index (κ2) is 11.0. The van der Waals surface area contributed by atoms with Crippen molar-refractivity contribution in [1.29, 1.82) is 0 Å². The summed E-state index contributed by atoms with van der Waals surface area (Å²) in [6, 6.07) is 4.77. The Morgan fingerprint density at radius 1 is 1.05 bits per heavy atom. The highest BCUT2D eigenvalue weighted by atomic mass is 35.5. The Bertz CT molecular complexity index is 1410. The SMILES string of the molecule is CCCN1C(=O)CN(C(=O)c2ccc(C3=NOC(c4cc(Cl)cc(C(F)(F)F)c4)(C(F)(F)F)C3)cc2CF)CC1=O. The van der Waals surface area contributed by atoms with Crippen molar-refractivity contribution in [3.63, 3.8) is 0 Å². The molecule has 0 aromatic heterocycles. The van der Waals surface area contributed by atoms with Gasteiger partial charge in [-0.3, -0.25) is 19.3 Å². The molecule has 2 aromatic rings. The van der Waals surface area contributed by atoms with Crippen molar-refractivity contribution in [3.8, 4) is 0 Å². The molecule has 2 aromatic carbocycles. The molecule has 1 saturated heterocycles. The number of oxime groups is 1. The quantitative estimate of drug-likeness (QED) is 0.315. The van der Waals surface area contributed by atoms with E-state index < -0.39 is 78.0 Å². The summed E-state index contributed by atoms with van der Waals surface area (Å²) in [7, 11) is 0. The average Bonchev–Trinajstić information content (AvgIpc) is 3.36. The van der Waals surface area contributed by atoms with Crippen LogP contribution in [0.25, 0.3) is 0 Å². The molecule has 7 nitrogen and oxygen atoms in total. The summed E-state index contributed by atoms with van der Waals surface area (Å²) in [5.41, 5.74) is -6.63. The maximum Gasteiger partial charge on any atom is 0.435 e. The number of carbonyl (C=O) groups is 3. The summed E-state index contributed by atoms with van der Waals surface area (Å²) in [5.74, 6) is -2.05. The van der Waals surface area contributed by atoms with Crippen LogP contribution in [0.4, 0.5) is 30.7 Å². The zero-order chi connectivity index (χ0) is 30.3. The first-order valence-electron chi connectivity index (χ1n) is 12.1. The van der Waals surface area contributed by atoms with Crippen molar-refractivity contribution >= 4 is 35.0 Å². The van der Waals surface area contributed by atoms with Crippen LogP contribution in [0.15, 0.2) is 41.6 Å². The minimum Gasteiger partial charge on any atom is -0.374 e. The monoisotopic (exact) mass is 607 g/mol. The number of alkyl halides is 7. The number of imide groups is 1. The zero-order valence-corrected chi connectivity index (χ0v) is 22.0. The average molecular weight is 608 g/mol. The highest BCUT2D eigenvalue weighted by Gasteiger charge is 2.62. The molecule has 4 rings (SSSR count). The number of amides is 3. The van der Waals surface area contributed by atoms with Crippen LogP contribution in [0.3, 0.4) is 0 Å². The van der Waals surface area contributed by atoms with Gasteiger partial charge in [-0.25, -0.2) is 4.39 Å². The lowest BCUT2D eigenvalue weighted by molar-refractivity contribution is -0.276. The van der Waals surface area contributed by atoms with Gasteiger partial charge in [0.1, 0.15) is 19.8 Å². The number of carbonyl (C=O) groups excluding carboxylic acids is 3. The molecule has 2 heterocycles. The largest absolute Gasteiger partial charge is 0.435 e. The van der Waals surface area contributed by atoms with Gasteiger partial charge in [-0.15, -0.1) is 0 Å². The van der Waals surface area contributed by atoms with Gasteiger partial charge in [0.05, 0.1) is 11.3 Å². The fraction of sp³-hybridized carbons (Fsp3) is 0.385. The van der Waals surface area contributed by atoms with Crippen molar-refractivity contribution in [2.45, 2.75) is 44.4 Å². The van der Waals surface area contributed by atoms with Crippen molar-refractivity contribution in [1.82, 2.24) is 9.80 Å². The first-order chi connectivity index (χ1) is 19.1. The summed E-state index contributed by atoms with van der Waals surface area (Å²) in [4.78, 5) is 44.4. The number of piperazine rings is 1. The highest BCUT2D eigenvalue weighted by Crippen LogP contribution is 2.50. The van der Waals surface area contributed by atoms with Crippen molar-refractivity contribution in [3.05, 3.63) is 69.2 Å². The van der Waals surface area contributed by atoms with E-state index in [0.29, 0.717) is 18.6 Å². The van der Waals surface area contributed by atoms with Gasteiger partial charge in [0.15, 0.2) is 0 Å². The van der Waals surface area contributed by atoms with E-state index in [4.69, 9.17) is 16.4 Å². The Kier molecular flexibility index (Phi) is 8.09. The Labute approximate surface area is 233 Å². The summed E-state index contributed by atoms with van der Waals surface area (Å²) >= 11 is 5.71. The molecule has 15 heteroatoms. The lowest BCUT2D eigenvalue weighted by Gasteiger charge is -2.32. The number of hydrogen-bond acceptors (Lipinski definition) is 5. The fourth-order valence-corrected chi connectivity index (χ4v) is 4.85. The number of benzene rings is 2. The van der Waals surface area contributed by atoms with Gasteiger partial charge in [-0.05, 0) is 47.9 Å². The third-order valence-electron chi connectivity index (χ3n) is 6.68. The maximum atomic E-state index is 14.3. The molecule has 1 atom stereocenters. The Hall–Kier alpha value is -3.68. The van der Waals surface area contributed by atoms with Crippen LogP contribution >= 0.6 is 11.6 Å². The number of rotatable bonds is 6. The predicted octanol–water partition coefficient (Wildman–Crippen LogP) is 5.63. The van der Waals surface area contributed by atoms with Crippen LogP contribution in [0, 0.1) is 0 Å². The van der Waals surface area contributed by atoms with E-state index >= 15 is 0 Å². The van der Waals surface area contributed by atoms with Crippen molar-refractivity contribution < 1.29 is 50.0 Å². The fourth-order valence-electron chi connectivity index (χ4n) is 4.62. The third kappa shape index (κ3) is 5.74. The van der Waals surface area contributed by atoms with E-state index in [1.54, 1.807) is 6.92 Å². The van der Waals surface area contributed by atoms with Crippen LogP contribution < -0.4 is 0 Å². The molecular formula is C26H21ClF7N3O4. The summed E-state index contributed by atoms with van der Waals surface area (Å²) in [6.07, 6.45) is -10.8. The molecule has 0 spiro atoms. The molecule has 0 radical (unpaired) electrons. The number of hydrogen-bond donors (Lipinski definition) is 0. The molecule has 0 aliphatic carbocycles. The minimum absolute atomic E-state index is 0.0849. The van der Waals surface area contributed by atoms with Gasteiger partial charge in [-0.2, -0.15) is 26.3 Å². The van der Waals surface area contributed by atoms with Gasteiger partial charge in [0, 0.05) is 29.1 Å². The molecule has 220 valence electrons. The van der Waals surface area contributed by atoms with Crippen LogP contribution in [0.5, 0.6) is 0 Å². The van der Waals surface area contributed by atoms with Crippen LogP contribution in [0.2, 0.25) is 5.02 Å². The lowest BCUT2D eigenvalue weighted by atomic mass is 9.85. The molecule has 2 aliphatic rings. The Morgan fingerprint density at radius 2 is 1.71 bits per heavy atom. The smallest absolute Gasteiger partial charge is 0.374 e. The molecule has 0 N–H and O–H groups in total. The maximum absolute atomic E-state index is 14.3. The van der Waals surface area contributed by atoms with E-state index in [-0.39, 0.29) is 35.0 Å². The summed E-state index contributed by atoms with van der Waals surface area (Å²) < 4.78 is 96.9. The Morgan fingerprint density at radius 3 is 2.27 bits per heavy atom. The van der Waals surface area contributed by atoms with Gasteiger partial charge in [0.2, 0.25) is 11.8 Å². The summed E-state index contributed by atoms with van der Waals surface area (Å²) in [6.45, 7) is -0.145. The second-order valence-corrected chi connectivity index (χ2v) is 9.90. The number of nitrogens with zero attached hydrogens (tertiary/aromatic N) is 3. The van der Waals surface area contributed by atoms with Crippen molar-refractivity contribution in [2.75, 3.05) is 19.6 Å². The number of halogens is 8. The zero-order valence-electron chi connectivity index (χ0n) is 21.2. The molecule has 0 saturated carbocycles. The highest BCUT2D eigenvalue weighted by molar-refractivity contribution is 6.30. The van der Waals surface area contributed by atoms with Gasteiger partial charge >= 0.3 is 12.4 Å². The van der Waals surface area contributed by atoms with Gasteiger partial charge in [0.25, 0.3) is 11.5 Å².